The Hall–Kier alpha value is -2.18. The molecule has 0 N–H and O–H groups in total. The van der Waals surface area contributed by atoms with Crippen LogP contribution in [0.1, 0.15) is 45.5 Å². The van der Waals surface area contributed by atoms with Crippen LogP contribution < -0.4 is 0 Å². The highest BCUT2D eigenvalue weighted by molar-refractivity contribution is 7.89. The molecule has 2 aromatic rings. The normalized spacial score (nSPS) is 17.6. The molecule has 2 aromatic carbocycles. The first-order valence-electron chi connectivity index (χ1n) is 9.85. The maximum absolute atomic E-state index is 13.0. The van der Waals surface area contributed by atoms with Crippen molar-refractivity contribution >= 4 is 15.9 Å². The number of hydrogen-bond acceptors (Lipinski definition) is 3. The van der Waals surface area contributed by atoms with Gasteiger partial charge in [0.15, 0.2) is 0 Å². The second-order valence-electron chi connectivity index (χ2n) is 7.82. The van der Waals surface area contributed by atoms with E-state index in [1.807, 2.05) is 43.0 Å². The molecule has 2 aliphatic rings. The number of nitrogens with zero attached hydrogens (tertiary/aromatic N) is 2. The predicted octanol–water partition coefficient (Wildman–Crippen LogP) is 3.29. The summed E-state index contributed by atoms with van der Waals surface area (Å²) in [6.45, 7) is 6.32. The molecule has 148 valence electrons. The minimum atomic E-state index is -3.44. The minimum Gasteiger partial charge on any atom is -0.334 e. The van der Waals surface area contributed by atoms with Gasteiger partial charge in [-0.3, -0.25) is 4.79 Å². The Bertz CT molecular complexity index is 1020. The molecule has 0 radical (unpaired) electrons. The molecule has 1 amide bonds. The topological polar surface area (TPSA) is 57.7 Å². The quantitative estimate of drug-likeness (QED) is 0.797. The van der Waals surface area contributed by atoms with Crippen molar-refractivity contribution in [3.63, 3.8) is 0 Å². The highest BCUT2D eigenvalue weighted by Crippen LogP contribution is 2.27. The van der Waals surface area contributed by atoms with Crippen LogP contribution in [0.3, 0.4) is 0 Å². The summed E-state index contributed by atoms with van der Waals surface area (Å²) in [6, 6.07) is 11.2. The zero-order chi connectivity index (χ0) is 19.9. The van der Waals surface area contributed by atoms with Crippen molar-refractivity contribution in [2.24, 2.45) is 0 Å². The average Bonchev–Trinajstić information content (AvgIpc) is 3.24. The molecule has 0 aliphatic carbocycles. The molecule has 2 aliphatic heterocycles. The monoisotopic (exact) mass is 398 g/mol. The van der Waals surface area contributed by atoms with E-state index in [1.54, 1.807) is 16.4 Å². The van der Waals surface area contributed by atoms with Crippen molar-refractivity contribution in [2.45, 2.75) is 44.6 Å². The minimum absolute atomic E-state index is 0.00144. The first kappa shape index (κ1) is 19.2. The number of aryl methyl sites for hydroxylation is 2. The lowest BCUT2D eigenvalue weighted by molar-refractivity contribution is 0.0734. The third-order valence-corrected chi connectivity index (χ3v) is 7.83. The van der Waals surface area contributed by atoms with Gasteiger partial charge in [-0.2, -0.15) is 4.31 Å². The van der Waals surface area contributed by atoms with Crippen molar-refractivity contribution in [3.8, 4) is 0 Å². The molecule has 4 rings (SSSR count). The van der Waals surface area contributed by atoms with Crippen LogP contribution in [0.4, 0.5) is 0 Å². The van der Waals surface area contributed by atoms with E-state index in [0.717, 1.165) is 41.5 Å². The Balaban J connectivity index is 1.59. The van der Waals surface area contributed by atoms with Crippen LogP contribution in [-0.2, 0) is 23.0 Å². The average molecular weight is 399 g/mol. The van der Waals surface area contributed by atoms with Crippen LogP contribution in [0, 0.1) is 13.8 Å². The fourth-order valence-corrected chi connectivity index (χ4v) is 5.57. The molecule has 28 heavy (non-hydrogen) atoms. The van der Waals surface area contributed by atoms with Gasteiger partial charge in [-0.25, -0.2) is 8.42 Å². The number of amides is 1. The Morgan fingerprint density at radius 1 is 0.893 bits per heavy atom. The Morgan fingerprint density at radius 3 is 2.36 bits per heavy atom. The number of benzene rings is 2. The number of carbonyl (C=O) groups excluding carboxylic acids is 1. The first-order chi connectivity index (χ1) is 13.4. The molecule has 2 heterocycles. The molecule has 0 saturated carbocycles. The predicted molar refractivity (Wildman–Crippen MR) is 109 cm³/mol. The van der Waals surface area contributed by atoms with Crippen molar-refractivity contribution < 1.29 is 13.2 Å². The van der Waals surface area contributed by atoms with E-state index in [2.05, 4.69) is 0 Å². The summed E-state index contributed by atoms with van der Waals surface area (Å²) in [4.78, 5) is 15.1. The Kier molecular flexibility index (Phi) is 5.02. The van der Waals surface area contributed by atoms with Crippen LogP contribution in [0.15, 0.2) is 41.3 Å². The highest BCUT2D eigenvalue weighted by Gasteiger charge is 2.29. The Morgan fingerprint density at radius 2 is 1.64 bits per heavy atom. The maximum Gasteiger partial charge on any atom is 0.254 e. The molecule has 5 nitrogen and oxygen atoms in total. The molecular weight excluding hydrogens is 372 g/mol. The number of carbonyl (C=O) groups is 1. The SMILES string of the molecule is Cc1ccc(C(=O)N2CCc3ccc(S(=O)(=O)N4CCCC4)cc3C2)cc1C. The summed E-state index contributed by atoms with van der Waals surface area (Å²) in [5, 5.41) is 0. The summed E-state index contributed by atoms with van der Waals surface area (Å²) in [6.07, 6.45) is 2.58. The van der Waals surface area contributed by atoms with E-state index in [0.29, 0.717) is 36.6 Å². The molecular formula is C22H26N2O3S. The number of fused-ring (bicyclic) bond motifs is 1. The first-order valence-corrected chi connectivity index (χ1v) is 11.3. The van der Waals surface area contributed by atoms with Crippen molar-refractivity contribution in [1.29, 1.82) is 0 Å². The third-order valence-electron chi connectivity index (χ3n) is 5.93. The van der Waals surface area contributed by atoms with Crippen molar-refractivity contribution in [3.05, 3.63) is 64.2 Å². The summed E-state index contributed by atoms with van der Waals surface area (Å²) in [7, 11) is -3.44. The molecule has 6 heteroatoms. The molecule has 0 atom stereocenters. The van der Waals surface area contributed by atoms with E-state index >= 15 is 0 Å². The third kappa shape index (κ3) is 3.47. The van der Waals surface area contributed by atoms with Gasteiger partial charge in [0.2, 0.25) is 10.0 Å². The van der Waals surface area contributed by atoms with Gasteiger partial charge >= 0.3 is 0 Å². The van der Waals surface area contributed by atoms with Crippen molar-refractivity contribution in [1.82, 2.24) is 9.21 Å². The van der Waals surface area contributed by atoms with Gasteiger partial charge < -0.3 is 4.90 Å². The van der Waals surface area contributed by atoms with E-state index in [-0.39, 0.29) is 5.91 Å². The number of rotatable bonds is 3. The molecule has 0 unspecified atom stereocenters. The fraction of sp³-hybridized carbons (Fsp3) is 0.409. The zero-order valence-corrected chi connectivity index (χ0v) is 17.3. The van der Waals surface area contributed by atoms with Gasteiger partial charge in [-0.1, -0.05) is 12.1 Å². The van der Waals surface area contributed by atoms with E-state index in [9.17, 15) is 13.2 Å². The highest BCUT2D eigenvalue weighted by atomic mass is 32.2. The largest absolute Gasteiger partial charge is 0.334 e. The summed E-state index contributed by atoms with van der Waals surface area (Å²) in [5.74, 6) is 0.00144. The van der Waals surface area contributed by atoms with Crippen LogP contribution in [0.2, 0.25) is 0 Å². The molecule has 0 aromatic heterocycles. The Labute approximate surface area is 167 Å². The second kappa shape index (κ2) is 7.33. The lowest BCUT2D eigenvalue weighted by Crippen LogP contribution is -2.36. The van der Waals surface area contributed by atoms with Crippen molar-refractivity contribution in [2.75, 3.05) is 19.6 Å². The van der Waals surface area contributed by atoms with E-state index < -0.39 is 10.0 Å². The number of sulfonamides is 1. The molecule has 0 bridgehead atoms. The van der Waals surface area contributed by atoms with Crippen LogP contribution >= 0.6 is 0 Å². The maximum atomic E-state index is 13.0. The smallest absolute Gasteiger partial charge is 0.254 e. The molecule has 0 spiro atoms. The van der Waals surface area contributed by atoms with Crippen LogP contribution in [0.25, 0.3) is 0 Å². The van der Waals surface area contributed by atoms with Gasteiger partial charge in [0.1, 0.15) is 0 Å². The summed E-state index contributed by atoms with van der Waals surface area (Å²) in [5.41, 5.74) is 5.01. The van der Waals surface area contributed by atoms with Gasteiger partial charge in [-0.05, 0) is 79.6 Å². The lowest BCUT2D eigenvalue weighted by atomic mass is 9.98. The van der Waals surface area contributed by atoms with Gasteiger partial charge in [0, 0.05) is 31.7 Å². The van der Waals surface area contributed by atoms with Gasteiger partial charge in [0.25, 0.3) is 5.91 Å². The second-order valence-corrected chi connectivity index (χ2v) is 9.76. The van der Waals surface area contributed by atoms with Crippen LogP contribution in [0.5, 0.6) is 0 Å². The van der Waals surface area contributed by atoms with E-state index in [1.165, 1.54) is 0 Å². The van der Waals surface area contributed by atoms with E-state index in [4.69, 9.17) is 0 Å². The summed E-state index contributed by atoms with van der Waals surface area (Å²) >= 11 is 0. The zero-order valence-electron chi connectivity index (χ0n) is 16.4. The summed E-state index contributed by atoms with van der Waals surface area (Å²) < 4.78 is 27.3. The van der Waals surface area contributed by atoms with Gasteiger partial charge in [0.05, 0.1) is 4.90 Å². The fourth-order valence-electron chi connectivity index (χ4n) is 4.00. The van der Waals surface area contributed by atoms with Crippen LogP contribution in [-0.4, -0.2) is 43.2 Å². The van der Waals surface area contributed by atoms with Gasteiger partial charge in [-0.15, -0.1) is 0 Å². The standard InChI is InChI=1S/C22H26N2O3S/c1-16-5-6-19(13-17(16)2)22(25)23-12-9-18-7-8-21(14-20(18)15-23)28(26,27)24-10-3-4-11-24/h5-8,13-14H,3-4,9-12,15H2,1-2H3. The number of hydrogen-bond donors (Lipinski definition) is 0. The molecule has 1 fully saturated rings. The lowest BCUT2D eigenvalue weighted by Gasteiger charge is -2.29. The molecule has 1 saturated heterocycles.